The molecule has 1 amide bonds. The fourth-order valence-corrected chi connectivity index (χ4v) is 2.27. The van der Waals surface area contributed by atoms with Crippen molar-refractivity contribution < 1.29 is 4.79 Å². The molecule has 0 saturated heterocycles. The highest BCUT2D eigenvalue weighted by Crippen LogP contribution is 2.17. The summed E-state index contributed by atoms with van der Waals surface area (Å²) in [6, 6.07) is -0.331. The number of carbonyl (C=O) groups excluding carboxylic acids is 1. The molecule has 0 aromatic carbocycles. The first kappa shape index (κ1) is 16.0. The maximum atomic E-state index is 12.2. The van der Waals surface area contributed by atoms with Crippen molar-refractivity contribution in [1.29, 1.82) is 0 Å². The van der Waals surface area contributed by atoms with Crippen LogP contribution in [-0.2, 0) is 18.3 Å². The van der Waals surface area contributed by atoms with Crippen molar-refractivity contribution >= 4 is 5.91 Å². The lowest BCUT2D eigenvalue weighted by Gasteiger charge is -2.17. The molecule has 2 aromatic rings. The predicted molar refractivity (Wildman–Crippen MR) is 81.6 cm³/mol. The third-order valence-corrected chi connectivity index (χ3v) is 3.63. The number of rotatable bonds is 6. The highest BCUT2D eigenvalue weighted by Gasteiger charge is 2.19. The maximum Gasteiger partial charge on any atom is 0.343 e. The van der Waals surface area contributed by atoms with Gasteiger partial charge in [0.1, 0.15) is 17.7 Å². The van der Waals surface area contributed by atoms with Crippen LogP contribution in [0.5, 0.6) is 0 Å². The third-order valence-electron chi connectivity index (χ3n) is 3.63. The normalized spacial score (nSPS) is 12.6. The first-order valence-electron chi connectivity index (χ1n) is 7.32. The standard InChI is InChI=1S/C14H22N6O2/c1-9(2)12-15-7-8-20(12)10(3)13(21)16-6-5-11-17-18-14(22)19(11)4/h7-10H,5-6H2,1-4H3,(H,16,21)(H,18,22). The molecule has 0 spiro atoms. The van der Waals surface area contributed by atoms with Gasteiger partial charge >= 0.3 is 5.69 Å². The minimum Gasteiger partial charge on any atom is -0.354 e. The van der Waals surface area contributed by atoms with Gasteiger partial charge in [-0.1, -0.05) is 13.8 Å². The predicted octanol–water partition coefficient (Wildman–Crippen LogP) is 0.348. The van der Waals surface area contributed by atoms with Crippen molar-refractivity contribution in [2.45, 2.75) is 39.2 Å². The average molecular weight is 306 g/mol. The second-order valence-electron chi connectivity index (χ2n) is 5.57. The van der Waals surface area contributed by atoms with Gasteiger partial charge in [0, 0.05) is 38.3 Å². The van der Waals surface area contributed by atoms with Crippen molar-refractivity contribution in [3.63, 3.8) is 0 Å². The Labute approximate surface area is 128 Å². The molecular formula is C14H22N6O2. The molecule has 0 aliphatic rings. The summed E-state index contributed by atoms with van der Waals surface area (Å²) in [6.45, 7) is 6.35. The lowest BCUT2D eigenvalue weighted by atomic mass is 10.2. The maximum absolute atomic E-state index is 12.2. The summed E-state index contributed by atoms with van der Waals surface area (Å²) in [5.41, 5.74) is -0.255. The molecule has 1 atom stereocenters. The quantitative estimate of drug-likeness (QED) is 0.804. The van der Waals surface area contributed by atoms with Crippen molar-refractivity contribution in [2.24, 2.45) is 7.05 Å². The third kappa shape index (κ3) is 3.26. The van der Waals surface area contributed by atoms with Gasteiger partial charge in [0.15, 0.2) is 0 Å². The minimum absolute atomic E-state index is 0.0829. The number of nitrogens with zero attached hydrogens (tertiary/aromatic N) is 4. The van der Waals surface area contributed by atoms with E-state index in [1.807, 2.05) is 31.5 Å². The lowest BCUT2D eigenvalue weighted by Crippen LogP contribution is -2.33. The van der Waals surface area contributed by atoms with Crippen LogP contribution in [0, 0.1) is 0 Å². The van der Waals surface area contributed by atoms with Gasteiger partial charge in [-0.2, -0.15) is 5.10 Å². The lowest BCUT2D eigenvalue weighted by molar-refractivity contribution is -0.123. The van der Waals surface area contributed by atoms with Gasteiger partial charge in [-0.25, -0.2) is 14.9 Å². The zero-order valence-corrected chi connectivity index (χ0v) is 13.3. The van der Waals surface area contributed by atoms with E-state index >= 15 is 0 Å². The monoisotopic (exact) mass is 306 g/mol. The molecule has 0 fully saturated rings. The summed E-state index contributed by atoms with van der Waals surface area (Å²) in [5.74, 6) is 1.67. The topological polar surface area (TPSA) is 97.6 Å². The van der Waals surface area contributed by atoms with Gasteiger partial charge in [0.05, 0.1) is 0 Å². The Morgan fingerprint density at radius 2 is 2.14 bits per heavy atom. The van der Waals surface area contributed by atoms with Crippen molar-refractivity contribution in [2.75, 3.05) is 6.54 Å². The number of aromatic amines is 1. The van der Waals surface area contributed by atoms with Gasteiger partial charge in [-0.15, -0.1) is 0 Å². The van der Waals surface area contributed by atoms with Crippen LogP contribution >= 0.6 is 0 Å². The van der Waals surface area contributed by atoms with Gasteiger partial charge in [0.25, 0.3) is 0 Å². The highest BCUT2D eigenvalue weighted by atomic mass is 16.2. The molecule has 1 unspecified atom stereocenters. The molecule has 0 aliphatic heterocycles. The summed E-state index contributed by atoms with van der Waals surface area (Å²) in [6.07, 6.45) is 4.02. The second kappa shape index (κ2) is 6.59. The number of nitrogens with one attached hydrogen (secondary N) is 2. The van der Waals surface area contributed by atoms with Crippen LogP contribution in [-0.4, -0.2) is 36.8 Å². The van der Waals surface area contributed by atoms with E-state index in [2.05, 4.69) is 20.5 Å². The number of hydrogen-bond donors (Lipinski definition) is 2. The fraction of sp³-hybridized carbons (Fsp3) is 0.571. The summed E-state index contributed by atoms with van der Waals surface area (Å²) in [7, 11) is 1.64. The van der Waals surface area contributed by atoms with E-state index in [1.54, 1.807) is 13.2 Å². The van der Waals surface area contributed by atoms with Gasteiger partial charge < -0.3 is 9.88 Å². The zero-order valence-electron chi connectivity index (χ0n) is 13.3. The Hall–Kier alpha value is -2.38. The number of H-pyrrole nitrogens is 1. The second-order valence-corrected chi connectivity index (χ2v) is 5.57. The Kier molecular flexibility index (Phi) is 4.79. The molecule has 8 nitrogen and oxygen atoms in total. The first-order valence-corrected chi connectivity index (χ1v) is 7.32. The Morgan fingerprint density at radius 1 is 1.41 bits per heavy atom. The number of hydrogen-bond acceptors (Lipinski definition) is 4. The van der Waals surface area contributed by atoms with E-state index < -0.39 is 0 Å². The summed E-state index contributed by atoms with van der Waals surface area (Å²) >= 11 is 0. The van der Waals surface area contributed by atoms with E-state index in [0.717, 1.165) is 5.82 Å². The summed E-state index contributed by atoms with van der Waals surface area (Å²) in [4.78, 5) is 27.8. The smallest absolute Gasteiger partial charge is 0.343 e. The van der Waals surface area contributed by atoms with Crippen LogP contribution in [0.2, 0.25) is 0 Å². The van der Waals surface area contributed by atoms with Crippen LogP contribution in [0.3, 0.4) is 0 Å². The summed E-state index contributed by atoms with van der Waals surface area (Å²) < 4.78 is 3.31. The van der Waals surface area contributed by atoms with E-state index in [4.69, 9.17) is 0 Å². The molecular weight excluding hydrogens is 284 g/mol. The van der Waals surface area contributed by atoms with Crippen LogP contribution in [0.4, 0.5) is 0 Å². The molecule has 2 aromatic heterocycles. The molecule has 0 aliphatic carbocycles. The fourth-order valence-electron chi connectivity index (χ4n) is 2.27. The molecule has 0 saturated carbocycles. The van der Waals surface area contributed by atoms with Gasteiger partial charge in [-0.05, 0) is 6.92 Å². The molecule has 2 N–H and O–H groups in total. The Bertz CT molecular complexity index is 696. The van der Waals surface area contributed by atoms with Crippen LogP contribution < -0.4 is 11.0 Å². The molecule has 0 bridgehead atoms. The van der Waals surface area contributed by atoms with E-state index in [-0.39, 0.29) is 23.6 Å². The number of aromatic nitrogens is 5. The Balaban J connectivity index is 1.93. The van der Waals surface area contributed by atoms with Gasteiger partial charge in [0.2, 0.25) is 5.91 Å². The number of amides is 1. The Morgan fingerprint density at radius 3 is 2.73 bits per heavy atom. The molecule has 22 heavy (non-hydrogen) atoms. The largest absolute Gasteiger partial charge is 0.354 e. The average Bonchev–Trinajstić information content (AvgIpc) is 3.08. The van der Waals surface area contributed by atoms with E-state index in [0.29, 0.717) is 18.8 Å². The highest BCUT2D eigenvalue weighted by molar-refractivity contribution is 5.79. The number of carbonyl (C=O) groups is 1. The van der Waals surface area contributed by atoms with Crippen LogP contribution in [0.25, 0.3) is 0 Å². The SMILES string of the molecule is CC(C)c1nccn1C(C)C(=O)NCCc1n[nH]c(=O)n1C. The van der Waals surface area contributed by atoms with E-state index in [9.17, 15) is 9.59 Å². The van der Waals surface area contributed by atoms with Crippen molar-refractivity contribution in [1.82, 2.24) is 29.6 Å². The number of imidazole rings is 1. The molecule has 2 heterocycles. The van der Waals surface area contributed by atoms with Gasteiger partial charge in [-0.3, -0.25) is 9.36 Å². The van der Waals surface area contributed by atoms with Crippen LogP contribution in [0.15, 0.2) is 17.2 Å². The van der Waals surface area contributed by atoms with E-state index in [1.165, 1.54) is 4.57 Å². The van der Waals surface area contributed by atoms with Crippen molar-refractivity contribution in [3.05, 3.63) is 34.5 Å². The first-order chi connectivity index (χ1) is 10.4. The molecule has 2 rings (SSSR count). The molecule has 0 radical (unpaired) electrons. The van der Waals surface area contributed by atoms with Crippen LogP contribution in [0.1, 0.15) is 44.4 Å². The van der Waals surface area contributed by atoms with Crippen molar-refractivity contribution in [3.8, 4) is 0 Å². The zero-order chi connectivity index (χ0) is 16.3. The minimum atomic E-state index is -0.331. The molecule has 8 heteroatoms. The summed E-state index contributed by atoms with van der Waals surface area (Å²) in [5, 5.41) is 9.14. The molecule has 120 valence electrons.